The number of aryl methyl sites for hydroxylation is 1. The molecule has 0 unspecified atom stereocenters. The molecule has 0 saturated heterocycles. The van der Waals surface area contributed by atoms with E-state index in [4.69, 9.17) is 19.7 Å². The number of pyridine rings is 1. The van der Waals surface area contributed by atoms with Gasteiger partial charge in [0.15, 0.2) is 0 Å². The van der Waals surface area contributed by atoms with Gasteiger partial charge in [-0.3, -0.25) is 4.98 Å². The van der Waals surface area contributed by atoms with Gasteiger partial charge in [-0.05, 0) is 50.5 Å². The summed E-state index contributed by atoms with van der Waals surface area (Å²) in [7, 11) is 0. The van der Waals surface area contributed by atoms with Gasteiger partial charge in [0.05, 0.1) is 40.9 Å². The van der Waals surface area contributed by atoms with Gasteiger partial charge in [0, 0.05) is 25.3 Å². The molecule has 0 aliphatic heterocycles. The van der Waals surface area contributed by atoms with Crippen molar-refractivity contribution in [1.82, 2.24) is 19.9 Å². The second-order valence-electron chi connectivity index (χ2n) is 9.38. The number of anilines is 2. The third kappa shape index (κ3) is 5.56. The molecule has 200 valence electrons. The van der Waals surface area contributed by atoms with Gasteiger partial charge in [-0.1, -0.05) is 12.1 Å². The molecular weight excluding hydrogens is 504 g/mol. The zero-order chi connectivity index (χ0) is 26.6. The van der Waals surface area contributed by atoms with E-state index in [9.17, 15) is 15.3 Å². The summed E-state index contributed by atoms with van der Waals surface area (Å²) in [4.78, 5) is 18.4. The van der Waals surface area contributed by atoms with Gasteiger partial charge in [-0.25, -0.2) is 9.97 Å². The van der Waals surface area contributed by atoms with Crippen LogP contribution in [0.3, 0.4) is 0 Å². The first-order valence-corrected chi connectivity index (χ1v) is 13.6. The maximum absolute atomic E-state index is 10.6. The molecule has 0 amide bonds. The molecular formula is C27H32N6O4S. The minimum atomic E-state index is -1.04. The number of hydrogen-bond donors (Lipinski definition) is 5. The molecule has 1 saturated carbocycles. The van der Waals surface area contributed by atoms with E-state index in [2.05, 4.69) is 15.6 Å². The summed E-state index contributed by atoms with van der Waals surface area (Å²) >= 11 is 1.51. The molecule has 4 atom stereocenters. The van der Waals surface area contributed by atoms with Gasteiger partial charge in [0.2, 0.25) is 5.95 Å². The van der Waals surface area contributed by atoms with E-state index in [0.29, 0.717) is 31.3 Å². The Hall–Kier alpha value is -3.38. The van der Waals surface area contributed by atoms with Crippen LogP contribution in [0.1, 0.15) is 24.6 Å². The maximum Gasteiger partial charge on any atom is 0.224 e. The number of aliphatic hydroxyl groups excluding tert-OH is 3. The summed E-state index contributed by atoms with van der Waals surface area (Å²) in [6, 6.07) is 9.44. The van der Waals surface area contributed by atoms with E-state index in [1.807, 2.05) is 44.2 Å². The number of aliphatic hydroxyl groups is 3. The highest BCUT2D eigenvalue weighted by Crippen LogP contribution is 2.38. The standard InChI is InChI=1S/C27H32N6O4S/c1-3-37-18-6-4-16(5-7-18)8-11-29-27-30-15(2)22(26-32-20-13-28-10-9-21(20)38-26)25(33-27)31-19-12-17(14-34)23(35)24(19)36/h4-7,9-10,13,17,19,23-24,34-36H,3,8,11-12,14H2,1-2H3,(H2,29,30,31,33)/t17-,19-,23-,24+/m1/s1. The maximum atomic E-state index is 10.6. The summed E-state index contributed by atoms with van der Waals surface area (Å²) in [5.74, 6) is 1.41. The van der Waals surface area contributed by atoms with Crippen LogP contribution in [0.4, 0.5) is 11.8 Å². The molecule has 0 spiro atoms. The second kappa shape index (κ2) is 11.6. The molecule has 1 aliphatic carbocycles. The normalized spacial score (nSPS) is 21.1. The minimum absolute atomic E-state index is 0.199. The van der Waals surface area contributed by atoms with E-state index in [1.54, 1.807) is 12.4 Å². The van der Waals surface area contributed by atoms with E-state index in [-0.39, 0.29) is 6.61 Å². The number of nitrogens with zero attached hydrogens (tertiary/aromatic N) is 4. The molecule has 5 rings (SSSR count). The Morgan fingerprint density at radius 3 is 2.61 bits per heavy atom. The molecule has 1 aromatic carbocycles. The second-order valence-corrected chi connectivity index (χ2v) is 10.4. The fourth-order valence-electron chi connectivity index (χ4n) is 4.76. The molecule has 3 aromatic heterocycles. The molecule has 0 radical (unpaired) electrons. The Balaban J connectivity index is 1.40. The lowest BCUT2D eigenvalue weighted by molar-refractivity contribution is 0.00446. The fraction of sp³-hybridized carbons (Fsp3) is 0.407. The quantitative estimate of drug-likeness (QED) is 0.205. The first-order valence-electron chi connectivity index (χ1n) is 12.8. The van der Waals surface area contributed by atoms with Gasteiger partial charge < -0.3 is 30.7 Å². The lowest BCUT2D eigenvalue weighted by atomic mass is 10.1. The fourth-order valence-corrected chi connectivity index (χ4v) is 5.79. The number of hydrogen-bond acceptors (Lipinski definition) is 11. The van der Waals surface area contributed by atoms with Gasteiger partial charge in [-0.2, -0.15) is 4.98 Å². The molecule has 0 bridgehead atoms. The van der Waals surface area contributed by atoms with Crippen molar-refractivity contribution >= 4 is 33.3 Å². The van der Waals surface area contributed by atoms with Crippen molar-refractivity contribution in [1.29, 1.82) is 0 Å². The van der Waals surface area contributed by atoms with E-state index >= 15 is 0 Å². The monoisotopic (exact) mass is 536 g/mol. The Morgan fingerprint density at radius 2 is 1.89 bits per heavy atom. The average Bonchev–Trinajstić information content (AvgIpc) is 3.46. The molecule has 11 heteroatoms. The van der Waals surface area contributed by atoms with E-state index in [0.717, 1.165) is 44.2 Å². The van der Waals surface area contributed by atoms with Crippen molar-refractivity contribution in [2.45, 2.75) is 44.9 Å². The largest absolute Gasteiger partial charge is 0.494 e. The van der Waals surface area contributed by atoms with Gasteiger partial charge >= 0.3 is 0 Å². The third-order valence-electron chi connectivity index (χ3n) is 6.78. The topological polar surface area (TPSA) is 146 Å². The number of ether oxygens (including phenoxy) is 1. The zero-order valence-corrected chi connectivity index (χ0v) is 22.1. The molecule has 10 nitrogen and oxygen atoms in total. The minimum Gasteiger partial charge on any atom is -0.494 e. The Bertz CT molecular complexity index is 1350. The van der Waals surface area contributed by atoms with Crippen LogP contribution in [0, 0.1) is 12.8 Å². The van der Waals surface area contributed by atoms with Crippen molar-refractivity contribution in [2.24, 2.45) is 5.92 Å². The van der Waals surface area contributed by atoms with Crippen LogP contribution >= 0.6 is 11.3 Å². The average molecular weight is 537 g/mol. The zero-order valence-electron chi connectivity index (χ0n) is 21.3. The van der Waals surface area contributed by atoms with Crippen LogP contribution in [-0.4, -0.2) is 73.3 Å². The number of nitrogens with one attached hydrogen (secondary N) is 2. The van der Waals surface area contributed by atoms with E-state index < -0.39 is 24.2 Å². The van der Waals surface area contributed by atoms with Crippen molar-refractivity contribution in [3.8, 4) is 16.3 Å². The lowest BCUT2D eigenvalue weighted by Gasteiger charge is -2.21. The number of aromatic nitrogens is 4. The van der Waals surface area contributed by atoms with Crippen LogP contribution < -0.4 is 15.4 Å². The predicted molar refractivity (Wildman–Crippen MR) is 148 cm³/mol. The van der Waals surface area contributed by atoms with Gasteiger partial charge in [0.25, 0.3) is 0 Å². The SMILES string of the molecule is CCOc1ccc(CCNc2nc(C)c(-c3nc4cnccc4s3)c(N[C@@H]3C[C@H](CO)[C@@H](O)[C@H]3O)n2)cc1. The number of fused-ring (bicyclic) bond motifs is 1. The third-order valence-corrected chi connectivity index (χ3v) is 7.84. The lowest BCUT2D eigenvalue weighted by Crippen LogP contribution is -2.35. The Morgan fingerprint density at radius 1 is 1.08 bits per heavy atom. The number of thiazole rings is 1. The van der Waals surface area contributed by atoms with E-state index in [1.165, 1.54) is 11.3 Å². The highest BCUT2D eigenvalue weighted by molar-refractivity contribution is 7.21. The van der Waals surface area contributed by atoms with Crippen molar-refractivity contribution in [2.75, 3.05) is 30.4 Å². The summed E-state index contributed by atoms with van der Waals surface area (Å²) in [5, 5.41) is 38.0. The Kier molecular flexibility index (Phi) is 7.98. The van der Waals surface area contributed by atoms with Crippen molar-refractivity contribution in [3.05, 3.63) is 54.0 Å². The highest BCUT2D eigenvalue weighted by Gasteiger charge is 2.41. The molecule has 38 heavy (non-hydrogen) atoms. The molecule has 1 fully saturated rings. The summed E-state index contributed by atoms with van der Waals surface area (Å²) in [6.45, 7) is 4.92. The predicted octanol–water partition coefficient (Wildman–Crippen LogP) is 3.02. The van der Waals surface area contributed by atoms with Crippen molar-refractivity contribution in [3.63, 3.8) is 0 Å². The van der Waals surface area contributed by atoms with Crippen LogP contribution in [0.2, 0.25) is 0 Å². The van der Waals surface area contributed by atoms with Crippen LogP contribution in [0.15, 0.2) is 42.7 Å². The Labute approximate surface area is 224 Å². The highest BCUT2D eigenvalue weighted by atomic mass is 32.1. The summed E-state index contributed by atoms with van der Waals surface area (Å²) in [5.41, 5.74) is 3.41. The van der Waals surface area contributed by atoms with Crippen LogP contribution in [-0.2, 0) is 6.42 Å². The summed E-state index contributed by atoms with van der Waals surface area (Å²) < 4.78 is 6.51. The molecule has 1 aliphatic rings. The number of rotatable bonds is 10. The first-order chi connectivity index (χ1) is 18.5. The summed E-state index contributed by atoms with van der Waals surface area (Å²) in [6.07, 6.45) is 2.59. The van der Waals surface area contributed by atoms with Crippen LogP contribution in [0.25, 0.3) is 20.8 Å². The first kappa shape index (κ1) is 26.2. The smallest absolute Gasteiger partial charge is 0.224 e. The van der Waals surface area contributed by atoms with Gasteiger partial charge in [-0.15, -0.1) is 11.3 Å². The molecule has 3 heterocycles. The van der Waals surface area contributed by atoms with Crippen LogP contribution in [0.5, 0.6) is 5.75 Å². The molecule has 5 N–H and O–H groups in total. The number of benzene rings is 1. The van der Waals surface area contributed by atoms with Gasteiger partial charge in [0.1, 0.15) is 28.2 Å². The molecule has 4 aromatic rings. The van der Waals surface area contributed by atoms with Crippen molar-refractivity contribution < 1.29 is 20.1 Å².